The minimum atomic E-state index is 0.0543. The summed E-state index contributed by atoms with van der Waals surface area (Å²) < 4.78 is 1.18. The highest BCUT2D eigenvalue weighted by Gasteiger charge is 2.06. The highest BCUT2D eigenvalue weighted by Crippen LogP contribution is 2.19. The van der Waals surface area contributed by atoms with Crippen molar-refractivity contribution in [3.8, 4) is 0 Å². The van der Waals surface area contributed by atoms with Gasteiger partial charge in [0.1, 0.15) is 0 Å². The van der Waals surface area contributed by atoms with Crippen molar-refractivity contribution in [2.75, 3.05) is 11.1 Å². The predicted molar refractivity (Wildman–Crippen MR) is 105 cm³/mol. The summed E-state index contributed by atoms with van der Waals surface area (Å²) in [5.41, 5.74) is 5.82. The van der Waals surface area contributed by atoms with E-state index in [0.29, 0.717) is 5.75 Å². The Morgan fingerprint density at radius 2 is 1.77 bits per heavy atom. The number of thioether (sulfide) groups is 1. The first-order valence-electron chi connectivity index (χ1n) is 7.15. The Balaban J connectivity index is 1.85. The zero-order valence-electron chi connectivity index (χ0n) is 13.1. The predicted octanol–water partition coefficient (Wildman–Crippen LogP) is 5.09. The average Bonchev–Trinajstić information content (AvgIpc) is 2.41. The van der Waals surface area contributed by atoms with Crippen molar-refractivity contribution < 1.29 is 4.79 Å². The van der Waals surface area contributed by atoms with E-state index in [1.165, 1.54) is 20.3 Å². The summed E-state index contributed by atoms with van der Waals surface area (Å²) in [6, 6.07) is 12.6. The largest absolute Gasteiger partial charge is 0.325 e. The Bertz CT molecular complexity index is 665. The number of benzene rings is 2. The molecule has 1 amide bonds. The Hall–Kier alpha value is -1.01. The van der Waals surface area contributed by atoms with E-state index in [2.05, 4.69) is 66.0 Å². The third-order valence-electron chi connectivity index (χ3n) is 3.25. The van der Waals surface area contributed by atoms with E-state index < -0.39 is 0 Å². The van der Waals surface area contributed by atoms with Gasteiger partial charge in [-0.15, -0.1) is 11.8 Å². The molecule has 116 valence electrons. The van der Waals surface area contributed by atoms with Gasteiger partial charge < -0.3 is 5.32 Å². The van der Waals surface area contributed by atoms with Crippen LogP contribution in [0.5, 0.6) is 0 Å². The fraction of sp³-hybridized carbons (Fsp3) is 0.278. The van der Waals surface area contributed by atoms with Crippen LogP contribution in [-0.4, -0.2) is 11.7 Å². The maximum absolute atomic E-state index is 12.0. The number of hydrogen-bond acceptors (Lipinski definition) is 2. The van der Waals surface area contributed by atoms with Crippen molar-refractivity contribution in [3.05, 3.63) is 62.2 Å². The monoisotopic (exact) mass is 425 g/mol. The molecule has 0 aliphatic carbocycles. The molecule has 0 bridgehead atoms. The molecular formula is C18H20INOS. The summed E-state index contributed by atoms with van der Waals surface area (Å²) in [6.07, 6.45) is 0. The molecule has 0 aliphatic rings. The second-order valence-electron chi connectivity index (χ2n) is 5.50. The van der Waals surface area contributed by atoms with E-state index in [-0.39, 0.29) is 5.91 Å². The highest BCUT2D eigenvalue weighted by atomic mass is 127. The van der Waals surface area contributed by atoms with Gasteiger partial charge in [0.2, 0.25) is 5.91 Å². The third-order valence-corrected chi connectivity index (χ3v) is 4.92. The van der Waals surface area contributed by atoms with Crippen LogP contribution in [0, 0.1) is 24.3 Å². The van der Waals surface area contributed by atoms with E-state index in [4.69, 9.17) is 0 Å². The minimum absolute atomic E-state index is 0.0543. The number of hydrogen-bond donors (Lipinski definition) is 1. The Morgan fingerprint density at radius 1 is 1.09 bits per heavy atom. The molecule has 0 heterocycles. The Morgan fingerprint density at radius 3 is 2.41 bits per heavy atom. The second kappa shape index (κ2) is 8.02. The standard InChI is InChI=1S/C18H20INOS/c1-12-6-13(2)8-15(7-12)10-22-11-18(21)20-17-5-4-16(19)9-14(17)3/h4-9H,10-11H2,1-3H3,(H,20,21). The van der Waals surface area contributed by atoms with E-state index >= 15 is 0 Å². The number of halogens is 1. The zero-order chi connectivity index (χ0) is 16.1. The van der Waals surface area contributed by atoms with Crippen molar-refractivity contribution >= 4 is 45.9 Å². The maximum Gasteiger partial charge on any atom is 0.234 e. The van der Waals surface area contributed by atoms with Crippen molar-refractivity contribution in [1.82, 2.24) is 0 Å². The molecule has 0 radical (unpaired) electrons. The molecule has 0 aliphatic heterocycles. The van der Waals surface area contributed by atoms with Crippen LogP contribution < -0.4 is 5.32 Å². The summed E-state index contributed by atoms with van der Waals surface area (Å²) in [7, 11) is 0. The quantitative estimate of drug-likeness (QED) is 0.677. The number of nitrogens with one attached hydrogen (secondary N) is 1. The van der Waals surface area contributed by atoms with Crippen molar-refractivity contribution in [3.63, 3.8) is 0 Å². The van der Waals surface area contributed by atoms with Crippen LogP contribution >= 0.6 is 34.4 Å². The summed E-state index contributed by atoms with van der Waals surface area (Å²) >= 11 is 3.92. The number of carbonyl (C=O) groups excluding carboxylic acids is 1. The molecule has 0 saturated carbocycles. The normalized spacial score (nSPS) is 10.5. The van der Waals surface area contributed by atoms with Crippen molar-refractivity contribution in [2.45, 2.75) is 26.5 Å². The van der Waals surface area contributed by atoms with Crippen LogP contribution in [0.3, 0.4) is 0 Å². The first kappa shape index (κ1) is 17.3. The molecule has 2 rings (SSSR count). The summed E-state index contributed by atoms with van der Waals surface area (Å²) in [6.45, 7) is 6.22. The smallest absolute Gasteiger partial charge is 0.234 e. The van der Waals surface area contributed by atoms with Gasteiger partial charge in [-0.3, -0.25) is 4.79 Å². The summed E-state index contributed by atoms with van der Waals surface area (Å²) in [5, 5.41) is 2.98. The van der Waals surface area contributed by atoms with E-state index in [0.717, 1.165) is 17.0 Å². The molecule has 1 N–H and O–H groups in total. The molecular weight excluding hydrogens is 405 g/mol. The first-order chi connectivity index (χ1) is 10.4. The molecule has 0 atom stereocenters. The molecule has 0 fully saturated rings. The molecule has 2 nitrogen and oxygen atoms in total. The van der Waals surface area contributed by atoms with Gasteiger partial charge in [0.15, 0.2) is 0 Å². The average molecular weight is 425 g/mol. The van der Waals surface area contributed by atoms with Gasteiger partial charge in [-0.25, -0.2) is 0 Å². The van der Waals surface area contributed by atoms with Crippen molar-refractivity contribution in [2.24, 2.45) is 0 Å². The number of anilines is 1. The summed E-state index contributed by atoms with van der Waals surface area (Å²) in [5.74, 6) is 1.39. The van der Waals surface area contributed by atoms with Crippen LogP contribution in [0.25, 0.3) is 0 Å². The first-order valence-corrected chi connectivity index (χ1v) is 9.38. The number of aryl methyl sites for hydroxylation is 3. The van der Waals surface area contributed by atoms with Crippen LogP contribution in [0.15, 0.2) is 36.4 Å². The van der Waals surface area contributed by atoms with Crippen LogP contribution in [0.1, 0.15) is 22.3 Å². The molecule has 0 aromatic heterocycles. The molecule has 2 aromatic rings. The number of carbonyl (C=O) groups is 1. The van der Waals surface area contributed by atoms with Crippen molar-refractivity contribution in [1.29, 1.82) is 0 Å². The van der Waals surface area contributed by atoms with E-state index in [1.54, 1.807) is 11.8 Å². The minimum Gasteiger partial charge on any atom is -0.325 e. The number of rotatable bonds is 5. The zero-order valence-corrected chi connectivity index (χ0v) is 16.0. The molecule has 0 unspecified atom stereocenters. The lowest BCUT2D eigenvalue weighted by Crippen LogP contribution is -2.15. The van der Waals surface area contributed by atoms with Crippen LogP contribution in [0.4, 0.5) is 5.69 Å². The fourth-order valence-electron chi connectivity index (χ4n) is 2.37. The SMILES string of the molecule is Cc1cc(C)cc(CSCC(=O)Nc2ccc(I)cc2C)c1. The lowest BCUT2D eigenvalue weighted by atomic mass is 10.1. The van der Waals surface area contributed by atoms with Crippen LogP contribution in [-0.2, 0) is 10.5 Å². The van der Waals surface area contributed by atoms with Crippen LogP contribution in [0.2, 0.25) is 0 Å². The van der Waals surface area contributed by atoms with Gasteiger partial charge in [-0.1, -0.05) is 29.3 Å². The van der Waals surface area contributed by atoms with E-state index in [9.17, 15) is 4.79 Å². The number of amides is 1. The topological polar surface area (TPSA) is 29.1 Å². The van der Waals surface area contributed by atoms with Gasteiger partial charge in [0.25, 0.3) is 0 Å². The molecule has 2 aromatic carbocycles. The third kappa shape index (κ3) is 5.32. The second-order valence-corrected chi connectivity index (χ2v) is 7.73. The Kier molecular flexibility index (Phi) is 6.32. The molecule has 0 saturated heterocycles. The lowest BCUT2D eigenvalue weighted by Gasteiger charge is -2.09. The molecule has 4 heteroatoms. The van der Waals surface area contributed by atoms with E-state index in [1.807, 2.05) is 19.1 Å². The van der Waals surface area contributed by atoms with Gasteiger partial charge >= 0.3 is 0 Å². The molecule has 0 spiro atoms. The van der Waals surface area contributed by atoms with Gasteiger partial charge in [-0.05, 0) is 72.7 Å². The highest BCUT2D eigenvalue weighted by molar-refractivity contribution is 14.1. The molecule has 22 heavy (non-hydrogen) atoms. The van der Waals surface area contributed by atoms with Gasteiger partial charge in [0.05, 0.1) is 5.75 Å². The fourth-order valence-corrected chi connectivity index (χ4v) is 3.78. The lowest BCUT2D eigenvalue weighted by molar-refractivity contribution is -0.113. The Labute approximate surface area is 150 Å². The van der Waals surface area contributed by atoms with Gasteiger partial charge in [-0.2, -0.15) is 0 Å². The maximum atomic E-state index is 12.0. The summed E-state index contributed by atoms with van der Waals surface area (Å²) in [4.78, 5) is 12.0. The van der Waals surface area contributed by atoms with Gasteiger partial charge in [0, 0.05) is 15.0 Å².